The number of imidazole rings is 1. The van der Waals surface area contributed by atoms with Gasteiger partial charge < -0.3 is 19.4 Å². The lowest BCUT2D eigenvalue weighted by Crippen LogP contribution is -2.08. The smallest absolute Gasteiger partial charge is 0.248 e. The minimum Gasteiger partial charge on any atom is -0.493 e. The number of methoxy groups -OCH3 is 2. The van der Waals surface area contributed by atoms with Crippen LogP contribution in [0.2, 0.25) is 5.02 Å². The maximum absolute atomic E-state index is 12.2. The summed E-state index contributed by atoms with van der Waals surface area (Å²) in [5, 5.41) is 3.29. The molecule has 3 aromatic rings. The third kappa shape index (κ3) is 4.48. The summed E-state index contributed by atoms with van der Waals surface area (Å²) in [5.74, 6) is 0.963. The lowest BCUT2D eigenvalue weighted by molar-refractivity contribution is -0.111. The van der Waals surface area contributed by atoms with E-state index in [0.29, 0.717) is 22.2 Å². The predicted octanol–water partition coefficient (Wildman–Crippen LogP) is 4.19. The second kappa shape index (κ2) is 8.42. The Bertz CT molecular complexity index is 969. The molecule has 1 amide bonds. The maximum atomic E-state index is 12.2. The molecule has 1 heterocycles. The summed E-state index contributed by atoms with van der Waals surface area (Å²) < 4.78 is 12.2. The Kier molecular flexibility index (Phi) is 5.78. The van der Waals surface area contributed by atoms with E-state index >= 15 is 0 Å². The summed E-state index contributed by atoms with van der Waals surface area (Å²) in [4.78, 5) is 16.2. The zero-order valence-corrected chi connectivity index (χ0v) is 15.6. The summed E-state index contributed by atoms with van der Waals surface area (Å²) >= 11 is 6.30. The van der Waals surface area contributed by atoms with Gasteiger partial charge in [-0.1, -0.05) is 17.7 Å². The highest BCUT2D eigenvalue weighted by Gasteiger charge is 2.06. The van der Waals surface area contributed by atoms with Crippen LogP contribution in [0.4, 0.5) is 5.69 Å². The molecule has 0 aliphatic heterocycles. The molecule has 3 rings (SSSR count). The molecule has 2 aromatic carbocycles. The number of nitrogens with zero attached hydrogens (tertiary/aromatic N) is 2. The van der Waals surface area contributed by atoms with Crippen LogP contribution in [0.5, 0.6) is 11.5 Å². The summed E-state index contributed by atoms with van der Waals surface area (Å²) in [6.07, 6.45) is 8.26. The third-order valence-corrected chi connectivity index (χ3v) is 4.14. The summed E-state index contributed by atoms with van der Waals surface area (Å²) in [6, 6.07) is 10.7. The molecule has 6 nitrogen and oxygen atoms in total. The van der Waals surface area contributed by atoms with Crippen LogP contribution in [0.1, 0.15) is 5.56 Å². The van der Waals surface area contributed by atoms with Crippen molar-refractivity contribution in [3.8, 4) is 17.2 Å². The van der Waals surface area contributed by atoms with Crippen molar-refractivity contribution >= 4 is 29.3 Å². The van der Waals surface area contributed by atoms with Crippen molar-refractivity contribution in [3.05, 3.63) is 71.8 Å². The van der Waals surface area contributed by atoms with Gasteiger partial charge in [-0.05, 0) is 42.0 Å². The number of nitrogens with one attached hydrogen (secondary N) is 1. The fraction of sp³-hybridized carbons (Fsp3) is 0.100. The van der Waals surface area contributed by atoms with E-state index < -0.39 is 0 Å². The molecule has 0 aliphatic rings. The minimum atomic E-state index is -0.267. The highest BCUT2D eigenvalue weighted by atomic mass is 35.5. The molecule has 138 valence electrons. The normalized spacial score (nSPS) is 10.8. The van der Waals surface area contributed by atoms with Crippen molar-refractivity contribution < 1.29 is 14.3 Å². The van der Waals surface area contributed by atoms with Crippen molar-refractivity contribution in [2.24, 2.45) is 0 Å². The van der Waals surface area contributed by atoms with Crippen LogP contribution in [0.3, 0.4) is 0 Å². The summed E-state index contributed by atoms with van der Waals surface area (Å²) in [7, 11) is 3.14. The lowest BCUT2D eigenvalue weighted by Gasteiger charge is -2.08. The SMILES string of the molecule is COc1ccc(/C=C/C(=O)Nc2ccc(-n3ccnc3)c(Cl)c2)cc1OC. The van der Waals surface area contributed by atoms with Gasteiger partial charge in [-0.25, -0.2) is 4.98 Å². The average Bonchev–Trinajstić information content (AvgIpc) is 3.20. The number of aromatic nitrogens is 2. The molecule has 0 atom stereocenters. The highest BCUT2D eigenvalue weighted by molar-refractivity contribution is 6.32. The van der Waals surface area contributed by atoms with E-state index in [2.05, 4.69) is 10.3 Å². The monoisotopic (exact) mass is 383 g/mol. The van der Waals surface area contributed by atoms with Crippen LogP contribution in [0, 0.1) is 0 Å². The van der Waals surface area contributed by atoms with Gasteiger partial charge in [0.2, 0.25) is 5.91 Å². The molecular weight excluding hydrogens is 366 g/mol. The van der Waals surface area contributed by atoms with Gasteiger partial charge in [-0.15, -0.1) is 0 Å². The Labute approximate surface area is 162 Å². The topological polar surface area (TPSA) is 65.4 Å². The second-order valence-corrected chi connectivity index (χ2v) is 5.98. The summed E-state index contributed by atoms with van der Waals surface area (Å²) in [6.45, 7) is 0. The van der Waals surface area contributed by atoms with E-state index in [9.17, 15) is 4.79 Å². The molecular formula is C20H18ClN3O3. The highest BCUT2D eigenvalue weighted by Crippen LogP contribution is 2.28. The van der Waals surface area contributed by atoms with Crippen LogP contribution < -0.4 is 14.8 Å². The Morgan fingerprint density at radius 2 is 1.96 bits per heavy atom. The molecule has 1 N–H and O–H groups in total. The first kappa shape index (κ1) is 18.5. The molecule has 0 saturated carbocycles. The fourth-order valence-electron chi connectivity index (χ4n) is 2.51. The van der Waals surface area contributed by atoms with Gasteiger partial charge in [0.25, 0.3) is 0 Å². The van der Waals surface area contributed by atoms with Gasteiger partial charge in [0, 0.05) is 24.2 Å². The Hall–Kier alpha value is -3.25. The molecule has 0 aliphatic carbocycles. The van der Waals surface area contributed by atoms with E-state index in [1.165, 1.54) is 6.08 Å². The van der Waals surface area contributed by atoms with Crippen molar-refractivity contribution in [1.82, 2.24) is 9.55 Å². The molecule has 0 fully saturated rings. The number of rotatable bonds is 6. The molecule has 0 radical (unpaired) electrons. The largest absolute Gasteiger partial charge is 0.493 e. The van der Waals surface area contributed by atoms with E-state index in [1.54, 1.807) is 67.8 Å². The zero-order chi connectivity index (χ0) is 19.2. The maximum Gasteiger partial charge on any atom is 0.248 e. The molecule has 0 unspecified atom stereocenters. The second-order valence-electron chi connectivity index (χ2n) is 5.57. The summed E-state index contributed by atoms with van der Waals surface area (Å²) in [5.41, 5.74) is 2.20. The van der Waals surface area contributed by atoms with Gasteiger partial charge in [-0.2, -0.15) is 0 Å². The number of carbonyl (C=O) groups excluding carboxylic acids is 1. The fourth-order valence-corrected chi connectivity index (χ4v) is 2.79. The van der Waals surface area contributed by atoms with Crippen LogP contribution in [0.15, 0.2) is 61.2 Å². The Balaban J connectivity index is 1.69. The van der Waals surface area contributed by atoms with Gasteiger partial charge in [0.05, 0.1) is 31.3 Å². The van der Waals surface area contributed by atoms with Gasteiger partial charge >= 0.3 is 0 Å². The van der Waals surface area contributed by atoms with E-state index in [1.807, 2.05) is 12.1 Å². The van der Waals surface area contributed by atoms with Crippen LogP contribution >= 0.6 is 11.6 Å². The van der Waals surface area contributed by atoms with Crippen molar-refractivity contribution in [1.29, 1.82) is 0 Å². The molecule has 0 spiro atoms. The Morgan fingerprint density at radius 3 is 2.63 bits per heavy atom. The number of anilines is 1. The van der Waals surface area contributed by atoms with Crippen LogP contribution in [-0.4, -0.2) is 29.7 Å². The van der Waals surface area contributed by atoms with Gasteiger partial charge in [0.15, 0.2) is 11.5 Å². The number of hydrogen-bond acceptors (Lipinski definition) is 4. The van der Waals surface area contributed by atoms with Crippen molar-refractivity contribution in [2.45, 2.75) is 0 Å². The molecule has 1 aromatic heterocycles. The first-order chi connectivity index (χ1) is 13.1. The van der Waals surface area contributed by atoms with E-state index in [0.717, 1.165) is 11.3 Å². The van der Waals surface area contributed by atoms with Crippen molar-refractivity contribution in [2.75, 3.05) is 19.5 Å². The van der Waals surface area contributed by atoms with E-state index in [-0.39, 0.29) is 5.91 Å². The molecule has 27 heavy (non-hydrogen) atoms. The number of benzene rings is 2. The molecule has 0 saturated heterocycles. The Morgan fingerprint density at radius 1 is 1.15 bits per heavy atom. The van der Waals surface area contributed by atoms with Gasteiger partial charge in [-0.3, -0.25) is 4.79 Å². The number of hydrogen-bond donors (Lipinski definition) is 1. The zero-order valence-electron chi connectivity index (χ0n) is 14.8. The third-order valence-electron chi connectivity index (χ3n) is 3.83. The van der Waals surface area contributed by atoms with Gasteiger partial charge in [0.1, 0.15) is 0 Å². The lowest BCUT2D eigenvalue weighted by atomic mass is 10.2. The van der Waals surface area contributed by atoms with Crippen molar-refractivity contribution in [3.63, 3.8) is 0 Å². The molecule has 7 heteroatoms. The minimum absolute atomic E-state index is 0.267. The first-order valence-corrected chi connectivity index (χ1v) is 8.47. The van der Waals surface area contributed by atoms with Crippen LogP contribution in [-0.2, 0) is 4.79 Å². The molecule has 0 bridgehead atoms. The average molecular weight is 384 g/mol. The number of ether oxygens (including phenoxy) is 2. The number of halogens is 1. The quantitative estimate of drug-likeness (QED) is 0.648. The first-order valence-electron chi connectivity index (χ1n) is 8.09. The number of amides is 1. The van der Waals surface area contributed by atoms with E-state index in [4.69, 9.17) is 21.1 Å². The van der Waals surface area contributed by atoms with Crippen LogP contribution in [0.25, 0.3) is 11.8 Å². The predicted molar refractivity (Wildman–Crippen MR) is 106 cm³/mol. The standard InChI is InChI=1S/C20H18ClN3O3/c1-26-18-7-3-14(11-19(18)27-2)4-8-20(25)23-15-5-6-17(16(21)12-15)24-10-9-22-13-24/h3-13H,1-2H3,(H,23,25)/b8-4+. The number of carbonyl (C=O) groups is 1.